The van der Waals surface area contributed by atoms with Crippen molar-refractivity contribution in [3.63, 3.8) is 0 Å². The molecule has 0 saturated carbocycles. The highest BCUT2D eigenvalue weighted by Crippen LogP contribution is 2.11. The molecule has 18 heavy (non-hydrogen) atoms. The molecule has 1 aromatic carbocycles. The molecule has 6 heteroatoms. The highest BCUT2D eigenvalue weighted by molar-refractivity contribution is 7.90. The lowest BCUT2D eigenvalue weighted by atomic mass is 10.2. The van der Waals surface area contributed by atoms with E-state index in [1.165, 1.54) is 12.1 Å². The van der Waals surface area contributed by atoms with Crippen molar-refractivity contribution in [2.45, 2.75) is 24.6 Å². The first kappa shape index (κ1) is 13.5. The zero-order valence-electron chi connectivity index (χ0n) is 10.0. The van der Waals surface area contributed by atoms with Crippen molar-refractivity contribution in [2.24, 2.45) is 0 Å². The Morgan fingerprint density at radius 3 is 2.67 bits per heavy atom. The van der Waals surface area contributed by atoms with Crippen LogP contribution < -0.4 is 10.0 Å². The van der Waals surface area contributed by atoms with E-state index in [0.717, 1.165) is 18.5 Å². The van der Waals surface area contributed by atoms with Crippen molar-refractivity contribution < 1.29 is 12.8 Å². The van der Waals surface area contributed by atoms with E-state index in [0.29, 0.717) is 13.0 Å². The summed E-state index contributed by atoms with van der Waals surface area (Å²) in [4.78, 5) is 0. The fourth-order valence-corrected chi connectivity index (χ4v) is 3.41. The molecule has 0 amide bonds. The third-order valence-corrected chi connectivity index (χ3v) is 4.91. The SMILES string of the molecule is O=S(=O)(NCc1ccc(F)cc1)C1CCCNC1. The van der Waals surface area contributed by atoms with E-state index < -0.39 is 10.0 Å². The molecule has 0 spiro atoms. The Bertz CT molecular complexity index is 481. The van der Waals surface area contributed by atoms with Crippen LogP contribution in [0.5, 0.6) is 0 Å². The lowest BCUT2D eigenvalue weighted by molar-refractivity contribution is 0.490. The summed E-state index contributed by atoms with van der Waals surface area (Å²) in [6.45, 7) is 1.59. The largest absolute Gasteiger partial charge is 0.315 e. The van der Waals surface area contributed by atoms with Gasteiger partial charge in [0.05, 0.1) is 5.25 Å². The zero-order chi connectivity index (χ0) is 13.0. The molecule has 1 atom stereocenters. The molecule has 2 rings (SSSR count). The van der Waals surface area contributed by atoms with Gasteiger partial charge in [0.25, 0.3) is 0 Å². The molecule has 0 aliphatic carbocycles. The van der Waals surface area contributed by atoms with Crippen molar-refractivity contribution >= 4 is 10.0 Å². The molecule has 1 unspecified atom stereocenters. The second-order valence-corrected chi connectivity index (χ2v) is 6.51. The van der Waals surface area contributed by atoms with Gasteiger partial charge in [-0.05, 0) is 37.1 Å². The van der Waals surface area contributed by atoms with Crippen LogP contribution in [0.2, 0.25) is 0 Å². The van der Waals surface area contributed by atoms with Crippen LogP contribution in [0.4, 0.5) is 4.39 Å². The summed E-state index contributed by atoms with van der Waals surface area (Å²) < 4.78 is 39.3. The van der Waals surface area contributed by atoms with Crippen molar-refractivity contribution in [1.82, 2.24) is 10.0 Å². The van der Waals surface area contributed by atoms with Gasteiger partial charge in [0.2, 0.25) is 10.0 Å². The van der Waals surface area contributed by atoms with Crippen LogP contribution in [0.3, 0.4) is 0 Å². The average molecular weight is 272 g/mol. The molecule has 1 fully saturated rings. The monoisotopic (exact) mass is 272 g/mol. The number of benzene rings is 1. The van der Waals surface area contributed by atoms with Gasteiger partial charge in [-0.1, -0.05) is 12.1 Å². The van der Waals surface area contributed by atoms with Gasteiger partial charge in [-0.25, -0.2) is 17.5 Å². The first-order chi connectivity index (χ1) is 8.58. The van der Waals surface area contributed by atoms with Crippen molar-refractivity contribution in [3.05, 3.63) is 35.6 Å². The number of hydrogen-bond acceptors (Lipinski definition) is 3. The van der Waals surface area contributed by atoms with Crippen LogP contribution in [0.25, 0.3) is 0 Å². The predicted molar refractivity (Wildman–Crippen MR) is 68.1 cm³/mol. The predicted octanol–water partition coefficient (Wildman–Crippen LogP) is 0.997. The standard InChI is InChI=1S/C12H17FN2O2S/c13-11-5-3-10(4-6-11)8-15-18(16,17)12-2-1-7-14-9-12/h3-6,12,14-15H,1-2,7-9H2. The fourth-order valence-electron chi connectivity index (χ4n) is 1.99. The summed E-state index contributed by atoms with van der Waals surface area (Å²) >= 11 is 0. The molecule has 4 nitrogen and oxygen atoms in total. The normalized spacial score (nSPS) is 20.8. The van der Waals surface area contributed by atoms with Crippen LogP contribution >= 0.6 is 0 Å². The number of nitrogens with one attached hydrogen (secondary N) is 2. The third-order valence-electron chi connectivity index (χ3n) is 3.08. The summed E-state index contributed by atoms with van der Waals surface area (Å²) in [5.74, 6) is -0.321. The summed E-state index contributed by atoms with van der Waals surface area (Å²) in [5, 5.41) is 2.71. The molecule has 1 aromatic rings. The molecular weight excluding hydrogens is 255 g/mol. The van der Waals surface area contributed by atoms with Crippen LogP contribution in [0, 0.1) is 5.82 Å². The van der Waals surface area contributed by atoms with E-state index in [2.05, 4.69) is 10.0 Å². The minimum Gasteiger partial charge on any atom is -0.315 e. The highest BCUT2D eigenvalue weighted by Gasteiger charge is 2.26. The second-order valence-electron chi connectivity index (χ2n) is 4.46. The first-order valence-electron chi connectivity index (χ1n) is 6.01. The van der Waals surface area contributed by atoms with E-state index in [1.54, 1.807) is 12.1 Å². The van der Waals surface area contributed by atoms with Gasteiger partial charge in [-0.2, -0.15) is 0 Å². The van der Waals surface area contributed by atoms with Crippen LogP contribution in [0.15, 0.2) is 24.3 Å². The van der Waals surface area contributed by atoms with E-state index in [-0.39, 0.29) is 17.6 Å². The number of rotatable bonds is 4. The lowest BCUT2D eigenvalue weighted by Crippen LogP contribution is -2.44. The number of piperidine rings is 1. The van der Waals surface area contributed by atoms with Gasteiger partial charge in [0, 0.05) is 13.1 Å². The van der Waals surface area contributed by atoms with Gasteiger partial charge in [-0.15, -0.1) is 0 Å². The maximum absolute atomic E-state index is 12.7. The van der Waals surface area contributed by atoms with Crippen molar-refractivity contribution in [1.29, 1.82) is 0 Å². The fraction of sp³-hybridized carbons (Fsp3) is 0.500. The number of sulfonamides is 1. The summed E-state index contributed by atoms with van der Waals surface area (Å²) in [6, 6.07) is 5.81. The molecule has 1 aliphatic heterocycles. The Labute approximate surface area is 107 Å². The highest BCUT2D eigenvalue weighted by atomic mass is 32.2. The van der Waals surface area contributed by atoms with Gasteiger partial charge in [0.1, 0.15) is 5.82 Å². The van der Waals surface area contributed by atoms with Gasteiger partial charge >= 0.3 is 0 Å². The summed E-state index contributed by atoms with van der Waals surface area (Å²) in [6.07, 6.45) is 1.56. The van der Waals surface area contributed by atoms with E-state index in [9.17, 15) is 12.8 Å². The second kappa shape index (κ2) is 5.77. The molecule has 100 valence electrons. The van der Waals surface area contributed by atoms with Gasteiger partial charge in [-0.3, -0.25) is 0 Å². The Balaban J connectivity index is 1.94. The van der Waals surface area contributed by atoms with Crippen LogP contribution in [-0.4, -0.2) is 26.8 Å². The Hall–Kier alpha value is -0.980. The minimum absolute atomic E-state index is 0.207. The maximum atomic E-state index is 12.7. The minimum atomic E-state index is -3.30. The quantitative estimate of drug-likeness (QED) is 0.859. The van der Waals surface area contributed by atoms with E-state index in [4.69, 9.17) is 0 Å². The zero-order valence-corrected chi connectivity index (χ0v) is 10.8. The molecule has 0 bridgehead atoms. The molecule has 0 radical (unpaired) electrons. The molecule has 0 aromatic heterocycles. The van der Waals surface area contributed by atoms with Gasteiger partial charge in [0.15, 0.2) is 0 Å². The molecule has 1 saturated heterocycles. The van der Waals surface area contributed by atoms with Crippen LogP contribution in [0.1, 0.15) is 18.4 Å². The third kappa shape index (κ3) is 3.51. The molecule has 1 heterocycles. The van der Waals surface area contributed by atoms with E-state index >= 15 is 0 Å². The van der Waals surface area contributed by atoms with E-state index in [1.807, 2.05) is 0 Å². The summed E-state index contributed by atoms with van der Waals surface area (Å²) in [5.41, 5.74) is 0.753. The Kier molecular flexibility index (Phi) is 4.31. The lowest BCUT2D eigenvalue weighted by Gasteiger charge is -2.23. The average Bonchev–Trinajstić information content (AvgIpc) is 2.39. The molecule has 2 N–H and O–H groups in total. The van der Waals surface area contributed by atoms with Gasteiger partial charge < -0.3 is 5.32 Å². The number of hydrogen-bond donors (Lipinski definition) is 2. The van der Waals surface area contributed by atoms with Crippen LogP contribution in [-0.2, 0) is 16.6 Å². The van der Waals surface area contributed by atoms with Crippen molar-refractivity contribution in [2.75, 3.05) is 13.1 Å². The Morgan fingerprint density at radius 2 is 2.06 bits per heavy atom. The number of halogens is 1. The smallest absolute Gasteiger partial charge is 0.216 e. The molecular formula is C12H17FN2O2S. The first-order valence-corrected chi connectivity index (χ1v) is 7.56. The Morgan fingerprint density at radius 1 is 1.33 bits per heavy atom. The summed E-state index contributed by atoms with van der Waals surface area (Å²) in [7, 11) is -3.30. The van der Waals surface area contributed by atoms with Crippen molar-refractivity contribution in [3.8, 4) is 0 Å². The maximum Gasteiger partial charge on any atom is 0.216 e. The molecule has 1 aliphatic rings. The topological polar surface area (TPSA) is 58.2 Å².